The van der Waals surface area contributed by atoms with Gasteiger partial charge in [0.05, 0.1) is 12.7 Å². The van der Waals surface area contributed by atoms with Crippen molar-refractivity contribution in [2.45, 2.75) is 76.5 Å². The first-order chi connectivity index (χ1) is 17.7. The van der Waals surface area contributed by atoms with Crippen LogP contribution in [0, 0.1) is 11.8 Å². The predicted octanol–water partition coefficient (Wildman–Crippen LogP) is 1.03. The molecule has 2 rings (SSSR count). The fourth-order valence-corrected chi connectivity index (χ4v) is 4.92. The zero-order chi connectivity index (χ0) is 28.6. The number of carbonyl (C=O) groups excluding carboxylic acids is 2. The van der Waals surface area contributed by atoms with Gasteiger partial charge in [0.15, 0.2) is 0 Å². The first-order valence-corrected chi connectivity index (χ1v) is 17.1. The van der Waals surface area contributed by atoms with Gasteiger partial charge in [0, 0.05) is 6.42 Å². The third-order valence-electron chi connectivity index (χ3n) is 5.14. The van der Waals surface area contributed by atoms with Crippen LogP contribution >= 0.6 is 20.2 Å². The molecule has 2 unspecified atom stereocenters. The van der Waals surface area contributed by atoms with E-state index in [2.05, 4.69) is 28.7 Å². The van der Waals surface area contributed by atoms with Crippen molar-refractivity contribution in [1.82, 2.24) is 14.9 Å². The number of halogens is 1. The molecule has 1 saturated heterocycles. The number of rotatable bonds is 10. The Balaban J connectivity index is 2.04. The molecule has 1 aromatic heterocycles. The molecule has 38 heavy (non-hydrogen) atoms. The number of esters is 1. The van der Waals surface area contributed by atoms with Crippen LogP contribution in [-0.2, 0) is 22.1 Å². The Bertz CT molecular complexity index is 1130. The molecule has 0 saturated carbocycles. The van der Waals surface area contributed by atoms with E-state index >= 15 is 0 Å². The monoisotopic (exact) mass is 648 g/mol. The van der Waals surface area contributed by atoms with E-state index in [1.807, 2.05) is 9.86 Å². The van der Waals surface area contributed by atoms with Crippen molar-refractivity contribution < 1.29 is 32.3 Å². The zero-order valence-corrected chi connectivity index (χ0v) is 24.5. The number of nitrogens with zero attached hydrogens (tertiary/aromatic N) is 2. The number of ether oxygens (including phenoxy) is 2. The number of anilines is 1. The van der Waals surface area contributed by atoms with Gasteiger partial charge in [0.1, 0.15) is 12.3 Å². The van der Waals surface area contributed by atoms with Gasteiger partial charge in [-0.05, 0) is 0 Å². The summed E-state index contributed by atoms with van der Waals surface area (Å²) in [6.07, 6.45) is -1.01. The molecule has 1 aliphatic heterocycles. The molecule has 12 nitrogen and oxygen atoms in total. The molecular formula is C25H37IN4O8. The van der Waals surface area contributed by atoms with Crippen molar-refractivity contribution >= 4 is 37.9 Å². The van der Waals surface area contributed by atoms with Crippen LogP contribution in [-0.4, -0.2) is 72.0 Å². The second-order valence-corrected chi connectivity index (χ2v) is 14.1. The molecule has 4 atom stereocenters. The SMILES string of the molecule is C=C(OI(C)C)C(CC(=O)OC(C)(C)C)NC(=O)CCC#Cc1cn([C@H]2CC(O)[C@@H](CO)O2)c(=O)nc1N. The van der Waals surface area contributed by atoms with Gasteiger partial charge in [-0.15, -0.1) is 0 Å². The van der Waals surface area contributed by atoms with E-state index in [1.165, 1.54) is 6.20 Å². The Morgan fingerprint density at radius 1 is 1.42 bits per heavy atom. The Labute approximate surface area is 229 Å². The normalized spacial score (nSPS) is 20.1. The van der Waals surface area contributed by atoms with E-state index in [0.717, 1.165) is 4.57 Å². The van der Waals surface area contributed by atoms with Crippen molar-refractivity contribution in [3.63, 3.8) is 0 Å². The second kappa shape index (κ2) is 13.9. The van der Waals surface area contributed by atoms with E-state index < -0.39 is 62.0 Å². The maximum atomic E-state index is 12.6. The Morgan fingerprint density at radius 2 is 2.11 bits per heavy atom. The molecule has 0 spiro atoms. The van der Waals surface area contributed by atoms with Crippen LogP contribution in [0.1, 0.15) is 58.2 Å². The number of nitrogen functional groups attached to an aromatic ring is 1. The van der Waals surface area contributed by atoms with Crippen molar-refractivity contribution in [2.75, 3.05) is 22.2 Å². The predicted molar refractivity (Wildman–Crippen MR) is 149 cm³/mol. The van der Waals surface area contributed by atoms with E-state index in [1.54, 1.807) is 20.8 Å². The van der Waals surface area contributed by atoms with Crippen LogP contribution in [0.4, 0.5) is 5.82 Å². The number of nitrogens with one attached hydrogen (secondary N) is 1. The van der Waals surface area contributed by atoms with E-state index in [4.69, 9.17) is 18.3 Å². The van der Waals surface area contributed by atoms with Crippen LogP contribution in [0.15, 0.2) is 23.3 Å². The molecule has 0 radical (unpaired) electrons. The molecule has 1 fully saturated rings. The Morgan fingerprint density at radius 3 is 2.68 bits per heavy atom. The summed E-state index contributed by atoms with van der Waals surface area (Å²) in [6, 6.07) is -0.738. The molecule has 1 aliphatic rings. The van der Waals surface area contributed by atoms with E-state index in [0.29, 0.717) is 5.76 Å². The second-order valence-electron chi connectivity index (χ2n) is 9.79. The summed E-state index contributed by atoms with van der Waals surface area (Å²) < 4.78 is 17.8. The van der Waals surface area contributed by atoms with Gasteiger partial charge in [-0.2, -0.15) is 0 Å². The molecular weight excluding hydrogens is 611 g/mol. The molecule has 0 bridgehead atoms. The van der Waals surface area contributed by atoms with Gasteiger partial charge < -0.3 is 14.9 Å². The summed E-state index contributed by atoms with van der Waals surface area (Å²) in [5.41, 5.74) is 4.75. The summed E-state index contributed by atoms with van der Waals surface area (Å²) in [5, 5.41) is 22.0. The van der Waals surface area contributed by atoms with Crippen LogP contribution < -0.4 is 16.7 Å². The number of aromatic nitrogens is 2. The molecule has 1 amide bonds. The minimum atomic E-state index is -1.68. The molecule has 0 aromatic carbocycles. The van der Waals surface area contributed by atoms with Gasteiger partial charge in [0.2, 0.25) is 0 Å². The number of amides is 1. The summed E-state index contributed by atoms with van der Waals surface area (Å²) >= 11 is -1.68. The number of hydrogen-bond acceptors (Lipinski definition) is 10. The Hall–Kier alpha value is -2.67. The zero-order valence-electron chi connectivity index (χ0n) is 22.3. The van der Waals surface area contributed by atoms with Gasteiger partial charge in [-0.25, -0.2) is 4.79 Å². The molecule has 2 heterocycles. The van der Waals surface area contributed by atoms with Crippen molar-refractivity contribution in [1.29, 1.82) is 0 Å². The Kier molecular flexibility index (Phi) is 11.6. The average molecular weight is 648 g/mol. The first kappa shape index (κ1) is 31.5. The number of alkyl halides is 2. The molecule has 0 aliphatic carbocycles. The van der Waals surface area contributed by atoms with E-state index in [-0.39, 0.29) is 49.6 Å². The molecule has 5 N–H and O–H groups in total. The summed E-state index contributed by atoms with van der Waals surface area (Å²) in [7, 11) is 0. The minimum absolute atomic E-state index is 0.0226. The van der Waals surface area contributed by atoms with Crippen molar-refractivity contribution in [2.24, 2.45) is 0 Å². The summed E-state index contributed by atoms with van der Waals surface area (Å²) in [6.45, 7) is 8.77. The third kappa shape index (κ3) is 9.90. The number of aliphatic hydroxyl groups excluding tert-OH is 2. The topological polar surface area (TPSA) is 175 Å². The van der Waals surface area contributed by atoms with Gasteiger partial charge in [-0.1, -0.05) is 0 Å². The number of aliphatic hydroxyl groups is 2. The third-order valence-corrected chi connectivity index (χ3v) is 6.59. The summed E-state index contributed by atoms with van der Waals surface area (Å²) in [5.74, 6) is 5.03. The van der Waals surface area contributed by atoms with Gasteiger partial charge in [0.25, 0.3) is 0 Å². The van der Waals surface area contributed by atoms with Gasteiger partial charge in [-0.3, -0.25) is 0 Å². The standard InChI is InChI=1S/C25H37IN4O8/c1-15(38-26(5)6)17(11-22(34)37-25(2,3)4)28-20(33)10-8-7-9-16-13-30(24(35)29-23(16)27)21-12-18(32)19(14-31)36-21/h13,17-19,21,31-32H,1,8,10-12,14H2,2-6H3,(H,28,33)(H2,27,29,35)/t17?,18?,19-,21-/m1/s1. The first-order valence-electron chi connectivity index (χ1n) is 11.9. The molecule has 1 aromatic rings. The van der Waals surface area contributed by atoms with Crippen LogP contribution in [0.5, 0.6) is 0 Å². The molecule has 212 valence electrons. The summed E-state index contributed by atoms with van der Waals surface area (Å²) in [4.78, 5) is 44.9. The quantitative estimate of drug-likeness (QED) is 0.0943. The number of carbonyl (C=O) groups is 2. The van der Waals surface area contributed by atoms with Gasteiger partial charge >= 0.3 is 179 Å². The fraction of sp³-hybridized carbons (Fsp3) is 0.600. The molecule has 13 heteroatoms. The van der Waals surface area contributed by atoms with Crippen LogP contribution in [0.3, 0.4) is 0 Å². The average Bonchev–Trinajstić information content (AvgIpc) is 3.16. The van der Waals surface area contributed by atoms with Crippen LogP contribution in [0.25, 0.3) is 0 Å². The fourth-order valence-electron chi connectivity index (χ4n) is 3.48. The van der Waals surface area contributed by atoms with Crippen LogP contribution in [0.2, 0.25) is 0 Å². The van der Waals surface area contributed by atoms with Crippen molar-refractivity contribution in [3.8, 4) is 11.8 Å². The number of hydrogen-bond donors (Lipinski definition) is 4. The van der Waals surface area contributed by atoms with Crippen molar-refractivity contribution in [3.05, 3.63) is 34.6 Å². The number of nitrogens with two attached hydrogens (primary N) is 1. The maximum absolute atomic E-state index is 12.6. The van der Waals surface area contributed by atoms with E-state index in [9.17, 15) is 24.6 Å².